The molecule has 0 aromatic heterocycles. The largest absolute Gasteiger partial charge is 0.481 e. The van der Waals surface area contributed by atoms with Gasteiger partial charge in [-0.15, -0.1) is 0 Å². The maximum Gasteiger partial charge on any atom is 0.307 e. The lowest BCUT2D eigenvalue weighted by Gasteiger charge is -2.19. The summed E-state index contributed by atoms with van der Waals surface area (Å²) in [4.78, 5) is 23.0. The van der Waals surface area contributed by atoms with Gasteiger partial charge in [-0.1, -0.05) is 6.42 Å². The van der Waals surface area contributed by atoms with Crippen LogP contribution in [0.15, 0.2) is 0 Å². The van der Waals surface area contributed by atoms with Gasteiger partial charge in [0.2, 0.25) is 5.91 Å². The molecule has 2 fully saturated rings. The Kier molecular flexibility index (Phi) is 4.22. The summed E-state index contributed by atoms with van der Waals surface area (Å²) < 4.78 is 5.44. The van der Waals surface area contributed by atoms with Crippen molar-refractivity contribution >= 4 is 11.9 Å². The van der Waals surface area contributed by atoms with Crippen LogP contribution in [0, 0.1) is 17.8 Å². The zero-order valence-electron chi connectivity index (χ0n) is 10.7. The van der Waals surface area contributed by atoms with Gasteiger partial charge in [0, 0.05) is 19.1 Å². The van der Waals surface area contributed by atoms with Crippen LogP contribution >= 0.6 is 0 Å². The van der Waals surface area contributed by atoms with E-state index in [1.165, 1.54) is 0 Å². The smallest absolute Gasteiger partial charge is 0.307 e. The van der Waals surface area contributed by atoms with Crippen molar-refractivity contribution in [1.82, 2.24) is 5.32 Å². The molecule has 4 atom stereocenters. The summed E-state index contributed by atoms with van der Waals surface area (Å²) >= 11 is 0. The zero-order valence-corrected chi connectivity index (χ0v) is 10.7. The Morgan fingerprint density at radius 1 is 1.28 bits per heavy atom. The quantitative estimate of drug-likeness (QED) is 0.786. The number of carboxylic acids is 1. The molecule has 102 valence electrons. The summed E-state index contributed by atoms with van der Waals surface area (Å²) in [5.74, 6) is -1.43. The summed E-state index contributed by atoms with van der Waals surface area (Å²) in [6.07, 6.45) is 3.30. The highest BCUT2D eigenvalue weighted by Crippen LogP contribution is 2.32. The fourth-order valence-corrected chi connectivity index (χ4v) is 2.98. The van der Waals surface area contributed by atoms with Gasteiger partial charge in [0.1, 0.15) is 0 Å². The monoisotopic (exact) mass is 255 g/mol. The van der Waals surface area contributed by atoms with Gasteiger partial charge in [-0.05, 0) is 26.2 Å². The first-order chi connectivity index (χ1) is 8.59. The number of aliphatic carboxylic acids is 1. The topological polar surface area (TPSA) is 75.6 Å². The summed E-state index contributed by atoms with van der Waals surface area (Å²) in [6, 6.07) is 0. The Morgan fingerprint density at radius 3 is 2.61 bits per heavy atom. The van der Waals surface area contributed by atoms with Crippen molar-refractivity contribution in [1.29, 1.82) is 0 Å². The van der Waals surface area contributed by atoms with Crippen LogP contribution in [0.4, 0.5) is 0 Å². The molecule has 0 aromatic carbocycles. The van der Waals surface area contributed by atoms with Crippen LogP contribution in [-0.2, 0) is 14.3 Å². The van der Waals surface area contributed by atoms with Crippen molar-refractivity contribution in [2.75, 3.05) is 13.2 Å². The average Bonchev–Trinajstić information content (AvgIpc) is 2.94. The van der Waals surface area contributed by atoms with Crippen molar-refractivity contribution in [2.45, 2.75) is 38.7 Å². The molecule has 1 heterocycles. The lowest BCUT2D eigenvalue weighted by Crippen LogP contribution is -2.38. The van der Waals surface area contributed by atoms with Crippen LogP contribution in [0.1, 0.15) is 32.6 Å². The van der Waals surface area contributed by atoms with E-state index in [1.54, 1.807) is 0 Å². The lowest BCUT2D eigenvalue weighted by atomic mass is 9.95. The minimum absolute atomic E-state index is 0.0981. The summed E-state index contributed by atoms with van der Waals surface area (Å²) in [5.41, 5.74) is 0. The van der Waals surface area contributed by atoms with Crippen LogP contribution < -0.4 is 5.32 Å². The van der Waals surface area contributed by atoms with Crippen molar-refractivity contribution in [3.8, 4) is 0 Å². The highest BCUT2D eigenvalue weighted by molar-refractivity contribution is 5.85. The molecule has 2 rings (SSSR count). The van der Waals surface area contributed by atoms with Gasteiger partial charge in [0.05, 0.1) is 17.9 Å². The van der Waals surface area contributed by atoms with Crippen molar-refractivity contribution < 1.29 is 19.4 Å². The first kappa shape index (κ1) is 13.3. The van der Waals surface area contributed by atoms with E-state index in [0.717, 1.165) is 19.4 Å². The molecule has 0 aromatic rings. The maximum absolute atomic E-state index is 12.0. The third kappa shape index (κ3) is 2.83. The minimum Gasteiger partial charge on any atom is -0.481 e. The molecule has 1 saturated heterocycles. The van der Waals surface area contributed by atoms with Crippen LogP contribution in [-0.4, -0.2) is 36.2 Å². The normalized spacial score (nSPS) is 35.6. The predicted molar refractivity (Wildman–Crippen MR) is 65.0 cm³/mol. The highest BCUT2D eigenvalue weighted by Gasteiger charge is 2.38. The molecule has 0 bridgehead atoms. The summed E-state index contributed by atoms with van der Waals surface area (Å²) in [7, 11) is 0. The second-order valence-corrected chi connectivity index (χ2v) is 5.35. The fraction of sp³-hybridized carbons (Fsp3) is 0.846. The average molecular weight is 255 g/mol. The van der Waals surface area contributed by atoms with Crippen molar-refractivity contribution in [3.05, 3.63) is 0 Å². The van der Waals surface area contributed by atoms with Crippen molar-refractivity contribution in [3.63, 3.8) is 0 Å². The Bertz CT molecular complexity index is 331. The second kappa shape index (κ2) is 5.69. The molecular weight excluding hydrogens is 234 g/mol. The number of carbonyl (C=O) groups is 2. The molecule has 1 amide bonds. The molecule has 2 aliphatic rings. The van der Waals surface area contributed by atoms with Gasteiger partial charge in [0.25, 0.3) is 0 Å². The Morgan fingerprint density at radius 2 is 2.00 bits per heavy atom. The molecule has 18 heavy (non-hydrogen) atoms. The zero-order chi connectivity index (χ0) is 13.1. The highest BCUT2D eigenvalue weighted by atomic mass is 16.5. The van der Waals surface area contributed by atoms with E-state index in [9.17, 15) is 9.59 Å². The number of carboxylic acid groups (broad SMARTS) is 1. The van der Waals surface area contributed by atoms with Gasteiger partial charge in [0.15, 0.2) is 0 Å². The van der Waals surface area contributed by atoms with E-state index in [4.69, 9.17) is 9.84 Å². The summed E-state index contributed by atoms with van der Waals surface area (Å²) in [5, 5.41) is 12.0. The summed E-state index contributed by atoms with van der Waals surface area (Å²) in [6.45, 7) is 3.37. The van der Waals surface area contributed by atoms with E-state index < -0.39 is 11.9 Å². The van der Waals surface area contributed by atoms with E-state index in [1.807, 2.05) is 6.92 Å². The number of nitrogens with one attached hydrogen (secondary N) is 1. The molecule has 1 aliphatic heterocycles. The van der Waals surface area contributed by atoms with Gasteiger partial charge in [-0.2, -0.15) is 0 Å². The van der Waals surface area contributed by atoms with Crippen LogP contribution in [0.3, 0.4) is 0 Å². The number of hydrogen-bond acceptors (Lipinski definition) is 3. The third-order valence-electron chi connectivity index (χ3n) is 4.24. The minimum atomic E-state index is -0.842. The molecule has 0 spiro atoms. The fourth-order valence-electron chi connectivity index (χ4n) is 2.98. The van der Waals surface area contributed by atoms with Gasteiger partial charge < -0.3 is 15.2 Å². The van der Waals surface area contributed by atoms with Crippen LogP contribution in [0.5, 0.6) is 0 Å². The molecule has 5 nitrogen and oxygen atoms in total. The molecule has 1 aliphatic carbocycles. The van der Waals surface area contributed by atoms with E-state index in [0.29, 0.717) is 25.3 Å². The first-order valence-corrected chi connectivity index (χ1v) is 6.71. The van der Waals surface area contributed by atoms with Gasteiger partial charge >= 0.3 is 5.97 Å². The number of amides is 1. The number of hydrogen-bond donors (Lipinski definition) is 2. The van der Waals surface area contributed by atoms with Gasteiger partial charge in [-0.3, -0.25) is 9.59 Å². The SMILES string of the molecule is CC1OCCC1CNC(=O)C1CCCC1C(=O)O. The van der Waals surface area contributed by atoms with E-state index >= 15 is 0 Å². The Labute approximate surface area is 107 Å². The van der Waals surface area contributed by atoms with Gasteiger partial charge in [-0.25, -0.2) is 0 Å². The van der Waals surface area contributed by atoms with E-state index in [2.05, 4.69) is 5.32 Å². The predicted octanol–water partition coefficient (Wildman–Crippen LogP) is 1.03. The van der Waals surface area contributed by atoms with Crippen LogP contribution in [0.2, 0.25) is 0 Å². The second-order valence-electron chi connectivity index (χ2n) is 5.35. The standard InChI is InChI=1S/C13H21NO4/c1-8-9(5-6-18-8)7-14-12(15)10-3-2-4-11(10)13(16)17/h8-11H,2-7H2,1H3,(H,14,15)(H,16,17). The Balaban J connectivity index is 1.82. The van der Waals surface area contributed by atoms with Crippen LogP contribution in [0.25, 0.3) is 0 Å². The first-order valence-electron chi connectivity index (χ1n) is 6.71. The number of rotatable bonds is 4. The molecule has 2 N–H and O–H groups in total. The maximum atomic E-state index is 12.0. The molecular formula is C13H21NO4. The number of ether oxygens (including phenoxy) is 1. The molecule has 1 saturated carbocycles. The van der Waals surface area contributed by atoms with E-state index in [-0.39, 0.29) is 17.9 Å². The third-order valence-corrected chi connectivity index (χ3v) is 4.24. The lowest BCUT2D eigenvalue weighted by molar-refractivity contribution is -0.146. The molecule has 5 heteroatoms. The molecule has 4 unspecified atom stereocenters. The molecule has 0 radical (unpaired) electrons. The van der Waals surface area contributed by atoms with Crippen molar-refractivity contribution in [2.24, 2.45) is 17.8 Å². The number of carbonyl (C=O) groups excluding carboxylic acids is 1. The Hall–Kier alpha value is -1.10.